The largest absolute Gasteiger partial charge is 0.374 e. The van der Waals surface area contributed by atoms with Crippen molar-refractivity contribution in [2.75, 3.05) is 0 Å². The number of benzene rings is 1. The van der Waals surface area contributed by atoms with Crippen molar-refractivity contribution in [3.05, 3.63) is 48.0 Å². The Morgan fingerprint density at radius 3 is 2.67 bits per heavy atom. The molecule has 0 heterocycles. The molecule has 1 atom stereocenters. The maximum Gasteiger partial charge on any atom is 0.144 e. The highest BCUT2D eigenvalue weighted by Gasteiger charge is 2.21. The highest BCUT2D eigenvalue weighted by molar-refractivity contribution is 5.38. The summed E-state index contributed by atoms with van der Waals surface area (Å²) < 4.78 is 0. The van der Waals surface area contributed by atoms with Crippen LogP contribution in [0.5, 0.6) is 0 Å². The topological polar surface area (TPSA) is 20.2 Å². The van der Waals surface area contributed by atoms with Gasteiger partial charge in [-0.25, -0.2) is 0 Å². The lowest BCUT2D eigenvalue weighted by Crippen LogP contribution is -2.25. The Balaban J connectivity index is 2.18. The summed E-state index contributed by atoms with van der Waals surface area (Å²) in [6.07, 6.45) is 6.62. The Labute approximate surface area is 90.4 Å². The van der Waals surface area contributed by atoms with Crippen molar-refractivity contribution < 1.29 is 5.11 Å². The quantitative estimate of drug-likeness (QED) is 0.501. The van der Waals surface area contributed by atoms with Crippen LogP contribution in [-0.4, -0.2) is 10.7 Å². The lowest BCUT2D eigenvalue weighted by atomic mass is 9.91. The van der Waals surface area contributed by atoms with Gasteiger partial charge >= 0.3 is 0 Å². The molecule has 0 saturated carbocycles. The Hall–Kier alpha value is -1.52. The number of aliphatic hydroxyl groups is 1. The molecule has 1 aliphatic carbocycles. The molecule has 1 aliphatic rings. The summed E-state index contributed by atoms with van der Waals surface area (Å²) in [7, 11) is 0. The lowest BCUT2D eigenvalue weighted by molar-refractivity contribution is 0.135. The van der Waals surface area contributed by atoms with Gasteiger partial charge in [0.25, 0.3) is 0 Å². The van der Waals surface area contributed by atoms with Crippen molar-refractivity contribution in [2.45, 2.75) is 24.9 Å². The van der Waals surface area contributed by atoms with Gasteiger partial charge in [-0.05, 0) is 37.5 Å². The summed E-state index contributed by atoms with van der Waals surface area (Å²) in [5.74, 6) is 5.94. The minimum atomic E-state index is -0.909. The van der Waals surface area contributed by atoms with Crippen LogP contribution >= 0.6 is 0 Å². The van der Waals surface area contributed by atoms with E-state index >= 15 is 0 Å². The monoisotopic (exact) mass is 198 g/mol. The van der Waals surface area contributed by atoms with Gasteiger partial charge in [-0.3, -0.25) is 0 Å². The molecule has 0 amide bonds. The molecule has 2 rings (SSSR count). The molecule has 1 heteroatoms. The van der Waals surface area contributed by atoms with Crippen LogP contribution in [0.1, 0.15) is 24.8 Å². The third kappa shape index (κ3) is 2.71. The van der Waals surface area contributed by atoms with Gasteiger partial charge < -0.3 is 5.11 Å². The second kappa shape index (κ2) is 4.33. The predicted molar refractivity (Wildman–Crippen MR) is 61.3 cm³/mol. The van der Waals surface area contributed by atoms with E-state index in [0.717, 1.165) is 24.8 Å². The third-order valence-corrected chi connectivity index (χ3v) is 2.52. The first-order valence-electron chi connectivity index (χ1n) is 5.27. The molecule has 0 aromatic heterocycles. The van der Waals surface area contributed by atoms with Gasteiger partial charge in [0.05, 0.1) is 0 Å². The molecule has 0 fully saturated rings. The fourth-order valence-electron chi connectivity index (χ4n) is 1.66. The van der Waals surface area contributed by atoms with Crippen molar-refractivity contribution in [2.24, 2.45) is 0 Å². The van der Waals surface area contributed by atoms with Crippen molar-refractivity contribution in [1.29, 1.82) is 0 Å². The van der Waals surface area contributed by atoms with Crippen LogP contribution in [0.3, 0.4) is 0 Å². The predicted octanol–water partition coefficient (Wildman–Crippen LogP) is 2.51. The second-order valence-corrected chi connectivity index (χ2v) is 3.83. The van der Waals surface area contributed by atoms with E-state index in [1.54, 1.807) is 0 Å². The standard InChI is InChI=1S/C14H14O/c15-14(10-5-2-6-11-14)12-9-13-7-3-1-4-8-13/h1,3-5,7-8,10,15H,2,6,11H2. The van der Waals surface area contributed by atoms with Gasteiger partial charge in [0.15, 0.2) is 0 Å². The van der Waals surface area contributed by atoms with E-state index in [1.807, 2.05) is 42.5 Å². The van der Waals surface area contributed by atoms with E-state index in [2.05, 4.69) is 11.8 Å². The number of hydrogen-bond donors (Lipinski definition) is 1. The Kier molecular flexibility index (Phi) is 2.89. The number of allylic oxidation sites excluding steroid dienone is 1. The maximum atomic E-state index is 10.1. The second-order valence-electron chi connectivity index (χ2n) is 3.83. The summed E-state index contributed by atoms with van der Waals surface area (Å²) in [5, 5.41) is 10.1. The van der Waals surface area contributed by atoms with Crippen molar-refractivity contribution in [3.8, 4) is 11.8 Å². The molecule has 15 heavy (non-hydrogen) atoms. The number of rotatable bonds is 0. The molecule has 1 unspecified atom stereocenters. The number of hydrogen-bond acceptors (Lipinski definition) is 1. The summed E-state index contributed by atoms with van der Waals surface area (Å²) in [4.78, 5) is 0. The molecule has 1 nitrogen and oxygen atoms in total. The lowest BCUT2D eigenvalue weighted by Gasteiger charge is -2.20. The van der Waals surface area contributed by atoms with Crippen molar-refractivity contribution in [1.82, 2.24) is 0 Å². The minimum Gasteiger partial charge on any atom is -0.374 e. The Morgan fingerprint density at radius 2 is 2.00 bits per heavy atom. The van der Waals surface area contributed by atoms with Crippen LogP contribution in [0.4, 0.5) is 0 Å². The molecule has 1 aromatic carbocycles. The molecule has 1 N–H and O–H groups in total. The normalized spacial score (nSPS) is 24.3. The molecular weight excluding hydrogens is 184 g/mol. The zero-order valence-electron chi connectivity index (χ0n) is 8.61. The van der Waals surface area contributed by atoms with Crippen LogP contribution in [0.2, 0.25) is 0 Å². The first-order chi connectivity index (χ1) is 7.29. The average Bonchev–Trinajstić information content (AvgIpc) is 2.29. The Bertz CT molecular complexity index is 408. The van der Waals surface area contributed by atoms with Gasteiger partial charge in [-0.1, -0.05) is 36.1 Å². The summed E-state index contributed by atoms with van der Waals surface area (Å²) in [6, 6.07) is 9.75. The molecule has 0 aliphatic heterocycles. The van der Waals surface area contributed by atoms with E-state index in [-0.39, 0.29) is 0 Å². The summed E-state index contributed by atoms with van der Waals surface area (Å²) in [6.45, 7) is 0. The van der Waals surface area contributed by atoms with Gasteiger partial charge in [0, 0.05) is 5.56 Å². The third-order valence-electron chi connectivity index (χ3n) is 2.52. The molecule has 0 saturated heterocycles. The van der Waals surface area contributed by atoms with Crippen LogP contribution in [0.25, 0.3) is 0 Å². The van der Waals surface area contributed by atoms with Crippen LogP contribution < -0.4 is 0 Å². The zero-order chi connectivity index (χ0) is 10.6. The minimum absolute atomic E-state index is 0.739. The van der Waals surface area contributed by atoms with E-state index in [4.69, 9.17) is 0 Å². The summed E-state index contributed by atoms with van der Waals surface area (Å²) in [5.41, 5.74) is 0.0403. The molecule has 1 aromatic rings. The SMILES string of the molecule is OC1(C#Cc2ccccc2)C=CCCC1. The molecule has 76 valence electrons. The molecule has 0 bridgehead atoms. The average molecular weight is 198 g/mol. The fraction of sp³-hybridized carbons (Fsp3) is 0.286. The van der Waals surface area contributed by atoms with Crippen molar-refractivity contribution in [3.63, 3.8) is 0 Å². The molecular formula is C14H14O. The molecule has 0 spiro atoms. The Morgan fingerprint density at radius 1 is 1.20 bits per heavy atom. The van der Waals surface area contributed by atoms with Crippen molar-refractivity contribution >= 4 is 0 Å². The summed E-state index contributed by atoms with van der Waals surface area (Å²) >= 11 is 0. The van der Waals surface area contributed by atoms with E-state index < -0.39 is 5.60 Å². The maximum absolute atomic E-state index is 10.1. The van der Waals surface area contributed by atoms with E-state index in [9.17, 15) is 5.11 Å². The van der Waals surface area contributed by atoms with Gasteiger partial charge in [0.2, 0.25) is 0 Å². The fourth-order valence-corrected chi connectivity index (χ4v) is 1.66. The van der Waals surface area contributed by atoms with E-state index in [1.165, 1.54) is 0 Å². The van der Waals surface area contributed by atoms with Gasteiger partial charge in [-0.15, -0.1) is 0 Å². The first-order valence-corrected chi connectivity index (χ1v) is 5.27. The highest BCUT2D eigenvalue weighted by atomic mass is 16.3. The molecule has 0 radical (unpaired) electrons. The van der Waals surface area contributed by atoms with Gasteiger partial charge in [-0.2, -0.15) is 0 Å². The first kappa shape index (κ1) is 10.0. The van der Waals surface area contributed by atoms with Crippen LogP contribution in [-0.2, 0) is 0 Å². The highest BCUT2D eigenvalue weighted by Crippen LogP contribution is 2.20. The smallest absolute Gasteiger partial charge is 0.144 e. The van der Waals surface area contributed by atoms with Crippen LogP contribution in [0.15, 0.2) is 42.5 Å². The zero-order valence-corrected chi connectivity index (χ0v) is 8.61. The van der Waals surface area contributed by atoms with Crippen LogP contribution in [0, 0.1) is 11.8 Å². The van der Waals surface area contributed by atoms with Gasteiger partial charge in [0.1, 0.15) is 5.60 Å². The van der Waals surface area contributed by atoms with E-state index in [0.29, 0.717) is 0 Å².